The lowest BCUT2D eigenvalue weighted by atomic mass is 10.3. The number of hydrogen-bond donors (Lipinski definition) is 2. The Morgan fingerprint density at radius 3 is 2.62 bits per heavy atom. The number of sulfonamides is 1. The van der Waals surface area contributed by atoms with Crippen molar-refractivity contribution in [3.05, 3.63) is 42.2 Å². The first kappa shape index (κ1) is 15.4. The van der Waals surface area contributed by atoms with Gasteiger partial charge in [-0.15, -0.1) is 0 Å². The fourth-order valence-corrected chi connectivity index (χ4v) is 2.83. The molecule has 0 saturated heterocycles. The molecular weight excluding hydrogens is 290 g/mol. The quantitative estimate of drug-likeness (QED) is 0.852. The van der Waals surface area contributed by atoms with E-state index >= 15 is 0 Å². The van der Waals surface area contributed by atoms with E-state index in [1.54, 1.807) is 31.3 Å². The summed E-state index contributed by atoms with van der Waals surface area (Å²) in [4.78, 5) is 1.90. The van der Waals surface area contributed by atoms with Crippen LogP contribution in [0.1, 0.15) is 5.76 Å². The van der Waals surface area contributed by atoms with Gasteiger partial charge in [0.05, 0.1) is 12.2 Å². The van der Waals surface area contributed by atoms with Crippen LogP contribution in [-0.4, -0.2) is 29.6 Å². The number of hydrogen-bond acceptors (Lipinski definition) is 5. The van der Waals surface area contributed by atoms with Gasteiger partial charge in [-0.1, -0.05) is 6.07 Å². The molecule has 0 aliphatic rings. The van der Waals surface area contributed by atoms with Crippen LogP contribution in [0.3, 0.4) is 0 Å². The highest BCUT2D eigenvalue weighted by Crippen LogP contribution is 2.22. The maximum atomic E-state index is 12.3. The second-order valence-corrected chi connectivity index (χ2v) is 6.41. The molecule has 1 aromatic carbocycles. The summed E-state index contributed by atoms with van der Waals surface area (Å²) in [5.41, 5.74) is 1.40. The summed E-state index contributed by atoms with van der Waals surface area (Å²) in [5.74, 6) is 0.569. The van der Waals surface area contributed by atoms with Crippen molar-refractivity contribution in [2.24, 2.45) is 0 Å². The minimum absolute atomic E-state index is 0.0944. The Labute approximate surface area is 124 Å². The first-order chi connectivity index (χ1) is 9.92. The molecule has 6 nitrogen and oxygen atoms in total. The highest BCUT2D eigenvalue weighted by Gasteiger charge is 2.19. The number of anilines is 2. The van der Waals surface area contributed by atoms with Crippen molar-refractivity contribution < 1.29 is 12.8 Å². The molecule has 0 spiro atoms. The van der Waals surface area contributed by atoms with E-state index < -0.39 is 10.0 Å². The molecule has 0 bridgehead atoms. The Balaban J connectivity index is 2.22. The molecule has 2 rings (SSSR count). The molecule has 0 radical (unpaired) electrons. The largest absolute Gasteiger partial charge is 0.446 e. The lowest BCUT2D eigenvalue weighted by Gasteiger charge is -2.14. The summed E-state index contributed by atoms with van der Waals surface area (Å²) in [5, 5.41) is 2.81. The Bertz CT molecular complexity index is 708. The van der Waals surface area contributed by atoms with Crippen molar-refractivity contribution in [3.8, 4) is 0 Å². The van der Waals surface area contributed by atoms with Crippen LogP contribution in [0.25, 0.3) is 0 Å². The van der Waals surface area contributed by atoms with Crippen molar-refractivity contribution in [2.75, 3.05) is 30.8 Å². The van der Waals surface area contributed by atoms with Crippen LogP contribution >= 0.6 is 0 Å². The van der Waals surface area contributed by atoms with E-state index in [0.717, 1.165) is 5.69 Å². The second-order valence-electron chi connectivity index (χ2n) is 4.80. The molecule has 7 heteroatoms. The van der Waals surface area contributed by atoms with Gasteiger partial charge < -0.3 is 14.6 Å². The van der Waals surface area contributed by atoms with Crippen molar-refractivity contribution >= 4 is 21.4 Å². The van der Waals surface area contributed by atoms with Gasteiger partial charge in [-0.25, -0.2) is 0 Å². The third-order valence-corrected chi connectivity index (χ3v) is 4.12. The molecule has 2 N–H and O–H groups in total. The fourth-order valence-electron chi connectivity index (χ4n) is 1.82. The molecular formula is C14H19N3O3S. The second kappa shape index (κ2) is 6.19. The highest BCUT2D eigenvalue weighted by atomic mass is 32.2. The average Bonchev–Trinajstić information content (AvgIpc) is 2.88. The van der Waals surface area contributed by atoms with E-state index in [2.05, 4.69) is 10.0 Å². The lowest BCUT2D eigenvalue weighted by molar-refractivity contribution is 0.408. The molecule has 0 aliphatic heterocycles. The van der Waals surface area contributed by atoms with Crippen molar-refractivity contribution in [2.45, 2.75) is 11.6 Å². The summed E-state index contributed by atoms with van der Waals surface area (Å²) in [6.07, 6.45) is 0. The van der Waals surface area contributed by atoms with E-state index in [1.165, 1.54) is 6.07 Å². The van der Waals surface area contributed by atoms with Gasteiger partial charge >= 0.3 is 0 Å². The smallest absolute Gasteiger partial charge is 0.295 e. The van der Waals surface area contributed by atoms with Gasteiger partial charge in [0, 0.05) is 19.8 Å². The third kappa shape index (κ3) is 3.77. The van der Waals surface area contributed by atoms with Gasteiger partial charge in [-0.3, -0.25) is 4.72 Å². The Morgan fingerprint density at radius 1 is 1.19 bits per heavy atom. The van der Waals surface area contributed by atoms with Crippen molar-refractivity contribution in [1.82, 2.24) is 5.32 Å². The molecule has 1 heterocycles. The molecule has 1 aromatic heterocycles. The van der Waals surface area contributed by atoms with Crippen LogP contribution in [0.2, 0.25) is 0 Å². The van der Waals surface area contributed by atoms with Crippen LogP contribution in [0.5, 0.6) is 0 Å². The summed E-state index contributed by atoms with van der Waals surface area (Å²) >= 11 is 0. The van der Waals surface area contributed by atoms with E-state index in [4.69, 9.17) is 4.42 Å². The zero-order chi connectivity index (χ0) is 15.5. The number of nitrogens with zero attached hydrogens (tertiary/aromatic N) is 1. The maximum Gasteiger partial charge on any atom is 0.295 e. The van der Waals surface area contributed by atoms with Crippen LogP contribution < -0.4 is 14.9 Å². The average molecular weight is 309 g/mol. The monoisotopic (exact) mass is 309 g/mol. The first-order valence-corrected chi connectivity index (χ1v) is 7.94. The Hall–Kier alpha value is -1.99. The summed E-state index contributed by atoms with van der Waals surface area (Å²) in [6.45, 7) is 0.478. The van der Waals surface area contributed by atoms with Gasteiger partial charge in [0.1, 0.15) is 5.76 Å². The minimum atomic E-state index is -3.72. The predicted molar refractivity (Wildman–Crippen MR) is 83.0 cm³/mol. The third-order valence-electron chi connectivity index (χ3n) is 2.87. The highest BCUT2D eigenvalue weighted by molar-refractivity contribution is 7.92. The molecule has 21 heavy (non-hydrogen) atoms. The predicted octanol–water partition coefficient (Wildman–Crippen LogP) is 1.87. The SMILES string of the molecule is CNCc1ccc(S(=O)(=O)Nc2cccc(N(C)C)c2)o1. The van der Waals surface area contributed by atoms with E-state index in [1.807, 2.05) is 25.1 Å². The van der Waals surface area contributed by atoms with Crippen LogP contribution in [-0.2, 0) is 16.6 Å². The zero-order valence-electron chi connectivity index (χ0n) is 12.3. The maximum absolute atomic E-state index is 12.3. The minimum Gasteiger partial charge on any atom is -0.446 e. The van der Waals surface area contributed by atoms with Gasteiger partial charge in [-0.2, -0.15) is 8.42 Å². The lowest BCUT2D eigenvalue weighted by Crippen LogP contribution is -2.13. The molecule has 0 aliphatic carbocycles. The van der Waals surface area contributed by atoms with Crippen molar-refractivity contribution in [1.29, 1.82) is 0 Å². The number of furan rings is 1. The molecule has 2 aromatic rings. The van der Waals surface area contributed by atoms with Gasteiger partial charge in [0.2, 0.25) is 5.09 Å². The van der Waals surface area contributed by atoms with Gasteiger partial charge in [-0.05, 0) is 37.4 Å². The van der Waals surface area contributed by atoms with Crippen LogP contribution in [0, 0.1) is 0 Å². The molecule has 0 saturated carbocycles. The summed E-state index contributed by atoms with van der Waals surface area (Å²) < 4.78 is 32.4. The van der Waals surface area contributed by atoms with E-state index in [-0.39, 0.29) is 5.09 Å². The first-order valence-electron chi connectivity index (χ1n) is 6.46. The topological polar surface area (TPSA) is 74.6 Å². The fraction of sp³-hybridized carbons (Fsp3) is 0.286. The summed E-state index contributed by atoms with van der Waals surface area (Å²) in [7, 11) is 1.84. The zero-order valence-corrected chi connectivity index (χ0v) is 13.1. The molecule has 0 unspecified atom stereocenters. The van der Waals surface area contributed by atoms with E-state index in [9.17, 15) is 8.42 Å². The van der Waals surface area contributed by atoms with Gasteiger partial charge in [0.15, 0.2) is 0 Å². The van der Waals surface area contributed by atoms with Crippen LogP contribution in [0.15, 0.2) is 45.9 Å². The Morgan fingerprint density at radius 2 is 1.95 bits per heavy atom. The molecule has 0 fully saturated rings. The number of rotatable bonds is 6. The summed E-state index contributed by atoms with van der Waals surface area (Å²) in [6, 6.07) is 10.2. The normalized spacial score (nSPS) is 11.4. The van der Waals surface area contributed by atoms with Crippen LogP contribution in [0.4, 0.5) is 11.4 Å². The van der Waals surface area contributed by atoms with Gasteiger partial charge in [0.25, 0.3) is 10.0 Å². The van der Waals surface area contributed by atoms with Crippen molar-refractivity contribution in [3.63, 3.8) is 0 Å². The number of benzene rings is 1. The molecule has 114 valence electrons. The standard InChI is InChI=1S/C14H19N3O3S/c1-15-10-13-7-8-14(20-13)21(18,19)16-11-5-4-6-12(9-11)17(2)3/h4-9,15-16H,10H2,1-3H3. The van der Waals surface area contributed by atoms with E-state index in [0.29, 0.717) is 18.0 Å². The Kier molecular flexibility index (Phi) is 4.54. The molecule has 0 amide bonds. The number of nitrogens with one attached hydrogen (secondary N) is 2. The molecule has 0 atom stereocenters.